The van der Waals surface area contributed by atoms with E-state index in [0.29, 0.717) is 19.4 Å². The largest absolute Gasteiger partial charge is 0.465 e. The Morgan fingerprint density at radius 2 is 2.24 bits per heavy atom. The molecule has 96 valence electrons. The number of hydrogen-bond donors (Lipinski definition) is 1. The van der Waals surface area contributed by atoms with Crippen molar-refractivity contribution in [2.75, 3.05) is 13.7 Å². The minimum atomic E-state index is -0.550. The normalized spacial score (nSPS) is 22.5. The molecule has 1 aliphatic rings. The van der Waals surface area contributed by atoms with Gasteiger partial charge in [-0.2, -0.15) is 0 Å². The lowest BCUT2D eigenvalue weighted by molar-refractivity contribution is -0.149. The maximum atomic E-state index is 11.7. The molecule has 0 spiro atoms. The minimum absolute atomic E-state index is 0.183. The van der Waals surface area contributed by atoms with E-state index in [9.17, 15) is 14.4 Å². The monoisotopic (exact) mass is 242 g/mol. The van der Waals surface area contributed by atoms with Crippen LogP contribution in [-0.2, 0) is 19.1 Å². The maximum Gasteiger partial charge on any atom is 0.322 e. The van der Waals surface area contributed by atoms with Gasteiger partial charge in [0.1, 0.15) is 6.04 Å². The molecule has 2 atom stereocenters. The molecule has 1 rings (SSSR count). The number of likely N-dealkylation sites (N-methyl/N-ethyl adjacent to an activating group) is 1. The van der Waals surface area contributed by atoms with Crippen molar-refractivity contribution in [3.63, 3.8) is 0 Å². The van der Waals surface area contributed by atoms with Crippen LogP contribution < -0.4 is 5.32 Å². The second kappa shape index (κ2) is 5.77. The van der Waals surface area contributed by atoms with Gasteiger partial charge in [-0.1, -0.05) is 0 Å². The Morgan fingerprint density at radius 1 is 1.59 bits per heavy atom. The molecule has 6 nitrogen and oxygen atoms in total. The molecule has 1 saturated heterocycles. The number of carbonyl (C=O) groups is 3. The summed E-state index contributed by atoms with van der Waals surface area (Å²) in [6.45, 7) is 3.67. The number of carbonyl (C=O) groups excluding carboxylic acids is 3. The van der Waals surface area contributed by atoms with Gasteiger partial charge in [0.15, 0.2) is 0 Å². The minimum Gasteiger partial charge on any atom is -0.465 e. The zero-order chi connectivity index (χ0) is 13.0. The highest BCUT2D eigenvalue weighted by atomic mass is 16.5. The van der Waals surface area contributed by atoms with Gasteiger partial charge >= 0.3 is 5.97 Å². The Morgan fingerprint density at radius 3 is 2.82 bits per heavy atom. The number of piperidine rings is 1. The van der Waals surface area contributed by atoms with Crippen molar-refractivity contribution in [2.45, 2.75) is 38.8 Å². The average molecular weight is 242 g/mol. The van der Waals surface area contributed by atoms with Crippen molar-refractivity contribution >= 4 is 17.8 Å². The quantitative estimate of drug-likeness (QED) is 0.540. The third-order valence-corrected chi connectivity index (χ3v) is 2.74. The van der Waals surface area contributed by atoms with Crippen molar-refractivity contribution in [1.29, 1.82) is 0 Å². The molecule has 1 heterocycles. The molecule has 0 aromatic rings. The van der Waals surface area contributed by atoms with Crippen LogP contribution in [0.25, 0.3) is 0 Å². The van der Waals surface area contributed by atoms with Crippen LogP contribution >= 0.6 is 0 Å². The SMILES string of the molecule is CCOC(=O)C(C)NC1CCC(=O)N(C)C1=O. The molecule has 2 unspecified atom stereocenters. The number of likely N-dealkylation sites (tertiary alicyclic amines) is 1. The van der Waals surface area contributed by atoms with E-state index in [-0.39, 0.29) is 17.8 Å². The fraction of sp³-hybridized carbons (Fsp3) is 0.727. The third-order valence-electron chi connectivity index (χ3n) is 2.74. The predicted molar refractivity (Wildman–Crippen MR) is 60.0 cm³/mol. The van der Waals surface area contributed by atoms with Crippen molar-refractivity contribution in [3.8, 4) is 0 Å². The fourth-order valence-electron chi connectivity index (χ4n) is 1.71. The lowest BCUT2D eigenvalue weighted by Gasteiger charge is -2.29. The van der Waals surface area contributed by atoms with E-state index in [2.05, 4.69) is 5.32 Å². The number of rotatable bonds is 4. The van der Waals surface area contributed by atoms with Gasteiger partial charge in [-0.3, -0.25) is 24.6 Å². The van der Waals surface area contributed by atoms with Crippen LogP contribution in [0.15, 0.2) is 0 Å². The predicted octanol–water partition coefficient (Wildman–Crippen LogP) is -0.325. The van der Waals surface area contributed by atoms with Gasteiger partial charge in [-0.25, -0.2) is 0 Å². The molecular weight excluding hydrogens is 224 g/mol. The van der Waals surface area contributed by atoms with E-state index in [0.717, 1.165) is 4.90 Å². The van der Waals surface area contributed by atoms with Crippen molar-refractivity contribution in [1.82, 2.24) is 10.2 Å². The van der Waals surface area contributed by atoms with Crippen LogP contribution in [0.4, 0.5) is 0 Å². The first-order chi connectivity index (χ1) is 7.97. The topological polar surface area (TPSA) is 75.7 Å². The van der Waals surface area contributed by atoms with Crippen LogP contribution in [0.1, 0.15) is 26.7 Å². The molecule has 1 N–H and O–H groups in total. The van der Waals surface area contributed by atoms with Crippen LogP contribution in [-0.4, -0.2) is 48.4 Å². The summed E-state index contributed by atoms with van der Waals surface area (Å²) in [6.07, 6.45) is 0.737. The lowest BCUT2D eigenvalue weighted by atomic mass is 10.0. The average Bonchev–Trinajstić information content (AvgIpc) is 2.30. The number of imide groups is 1. The van der Waals surface area contributed by atoms with E-state index in [1.807, 2.05) is 0 Å². The molecule has 0 saturated carbocycles. The molecule has 0 radical (unpaired) electrons. The molecule has 0 bridgehead atoms. The molecule has 6 heteroatoms. The summed E-state index contributed by atoms with van der Waals surface area (Å²) >= 11 is 0. The fourth-order valence-corrected chi connectivity index (χ4v) is 1.71. The lowest BCUT2D eigenvalue weighted by Crippen LogP contribution is -2.55. The van der Waals surface area contributed by atoms with Crippen LogP contribution in [0, 0.1) is 0 Å². The number of hydrogen-bond acceptors (Lipinski definition) is 5. The van der Waals surface area contributed by atoms with E-state index >= 15 is 0 Å². The number of nitrogens with zero attached hydrogens (tertiary/aromatic N) is 1. The van der Waals surface area contributed by atoms with E-state index in [1.54, 1.807) is 13.8 Å². The van der Waals surface area contributed by atoms with Gasteiger partial charge in [0.2, 0.25) is 11.8 Å². The Labute approximate surface area is 100 Å². The summed E-state index contributed by atoms with van der Waals surface area (Å²) in [7, 11) is 1.45. The molecule has 0 aliphatic carbocycles. The van der Waals surface area contributed by atoms with Gasteiger partial charge in [0.25, 0.3) is 0 Å². The number of ether oxygens (including phenoxy) is 1. The Kier molecular flexibility index (Phi) is 4.62. The van der Waals surface area contributed by atoms with Crippen molar-refractivity contribution < 1.29 is 19.1 Å². The summed E-state index contributed by atoms with van der Waals surface area (Å²) in [6, 6.07) is -1.04. The summed E-state index contributed by atoms with van der Waals surface area (Å²) in [4.78, 5) is 35.5. The molecule has 17 heavy (non-hydrogen) atoms. The molecule has 2 amide bonds. The molecule has 1 fully saturated rings. The molecule has 1 aliphatic heterocycles. The first-order valence-electron chi connectivity index (χ1n) is 5.70. The van der Waals surface area contributed by atoms with E-state index < -0.39 is 12.1 Å². The first kappa shape index (κ1) is 13.6. The van der Waals surface area contributed by atoms with E-state index in [4.69, 9.17) is 4.74 Å². The van der Waals surface area contributed by atoms with Crippen LogP contribution in [0.5, 0.6) is 0 Å². The highest BCUT2D eigenvalue weighted by molar-refractivity contribution is 6.00. The van der Waals surface area contributed by atoms with Crippen LogP contribution in [0.2, 0.25) is 0 Å². The number of amides is 2. The summed E-state index contributed by atoms with van der Waals surface area (Å²) < 4.78 is 4.84. The second-order valence-corrected chi connectivity index (χ2v) is 4.02. The Balaban J connectivity index is 2.54. The third kappa shape index (κ3) is 3.26. The van der Waals surface area contributed by atoms with Gasteiger partial charge in [0.05, 0.1) is 12.6 Å². The highest BCUT2D eigenvalue weighted by Crippen LogP contribution is 2.12. The smallest absolute Gasteiger partial charge is 0.322 e. The van der Waals surface area contributed by atoms with E-state index in [1.165, 1.54) is 7.05 Å². The zero-order valence-electron chi connectivity index (χ0n) is 10.4. The summed E-state index contributed by atoms with van der Waals surface area (Å²) in [5.41, 5.74) is 0. The van der Waals surface area contributed by atoms with Crippen molar-refractivity contribution in [3.05, 3.63) is 0 Å². The van der Waals surface area contributed by atoms with Gasteiger partial charge in [-0.15, -0.1) is 0 Å². The number of esters is 1. The van der Waals surface area contributed by atoms with Crippen molar-refractivity contribution in [2.24, 2.45) is 0 Å². The Hall–Kier alpha value is -1.43. The van der Waals surface area contributed by atoms with Gasteiger partial charge in [0, 0.05) is 13.5 Å². The standard InChI is InChI=1S/C11H18N2O4/c1-4-17-11(16)7(2)12-8-5-6-9(14)13(3)10(8)15/h7-8,12H,4-6H2,1-3H3. The first-order valence-corrected chi connectivity index (χ1v) is 5.70. The molecule has 0 aromatic carbocycles. The molecular formula is C11H18N2O4. The summed E-state index contributed by atoms with van der Waals surface area (Å²) in [5.74, 6) is -0.867. The highest BCUT2D eigenvalue weighted by Gasteiger charge is 2.33. The Bertz CT molecular complexity index is 329. The summed E-state index contributed by atoms with van der Waals surface area (Å²) in [5, 5.41) is 2.89. The second-order valence-electron chi connectivity index (χ2n) is 4.02. The van der Waals surface area contributed by atoms with Gasteiger partial charge < -0.3 is 4.74 Å². The van der Waals surface area contributed by atoms with Gasteiger partial charge in [-0.05, 0) is 20.3 Å². The maximum absolute atomic E-state index is 11.7. The number of nitrogens with one attached hydrogen (secondary N) is 1. The van der Waals surface area contributed by atoms with Crippen LogP contribution in [0.3, 0.4) is 0 Å². The molecule has 0 aromatic heterocycles. The zero-order valence-corrected chi connectivity index (χ0v) is 10.4.